The number of amides is 2. The molecule has 1 saturated heterocycles. The highest BCUT2D eigenvalue weighted by molar-refractivity contribution is 6.26. The highest BCUT2D eigenvalue weighted by atomic mass is 16.5. The van der Waals surface area contributed by atoms with Crippen LogP contribution in [0.15, 0.2) is 22.6 Å². The summed E-state index contributed by atoms with van der Waals surface area (Å²) in [6.45, 7) is 7.05. The van der Waals surface area contributed by atoms with Crippen LogP contribution in [0.5, 0.6) is 5.75 Å². The van der Waals surface area contributed by atoms with Gasteiger partial charge in [0.1, 0.15) is 16.9 Å². The molecule has 0 spiro atoms. The molecular weight excluding hydrogens is 380 g/mol. The maximum atomic E-state index is 13.3. The number of carbonyl (C=O) groups is 2. The van der Waals surface area contributed by atoms with Gasteiger partial charge in [0.2, 0.25) is 0 Å². The Hall–Kier alpha value is -2.86. The van der Waals surface area contributed by atoms with Crippen LogP contribution in [0.25, 0.3) is 21.9 Å². The third-order valence-corrected chi connectivity index (χ3v) is 6.62. The second kappa shape index (κ2) is 7.13. The number of fused-ring (bicyclic) bond motifs is 4. The van der Waals surface area contributed by atoms with Gasteiger partial charge < -0.3 is 14.1 Å². The monoisotopic (exact) mass is 406 g/mol. The molecule has 1 fully saturated rings. The number of ether oxygens (including phenoxy) is 1. The molecule has 1 aromatic heterocycles. The van der Waals surface area contributed by atoms with Crippen LogP contribution in [0.1, 0.15) is 51.1 Å². The van der Waals surface area contributed by atoms with Crippen LogP contribution in [0.2, 0.25) is 0 Å². The Morgan fingerprint density at radius 3 is 2.37 bits per heavy atom. The molecule has 0 radical (unpaired) electrons. The average molecular weight is 406 g/mol. The van der Waals surface area contributed by atoms with Crippen molar-refractivity contribution in [3.05, 3.63) is 40.5 Å². The Morgan fingerprint density at radius 2 is 1.67 bits per heavy atom. The quantitative estimate of drug-likeness (QED) is 0.605. The van der Waals surface area contributed by atoms with Crippen LogP contribution in [0.3, 0.4) is 0 Å². The number of rotatable bonds is 4. The Kier molecular flexibility index (Phi) is 4.54. The van der Waals surface area contributed by atoms with E-state index in [1.807, 2.05) is 32.0 Å². The van der Waals surface area contributed by atoms with Gasteiger partial charge in [0.15, 0.2) is 0 Å². The van der Waals surface area contributed by atoms with E-state index in [-0.39, 0.29) is 11.8 Å². The van der Waals surface area contributed by atoms with Crippen molar-refractivity contribution in [2.24, 2.45) is 0 Å². The van der Waals surface area contributed by atoms with Crippen molar-refractivity contribution in [3.8, 4) is 5.75 Å². The number of benzene rings is 2. The van der Waals surface area contributed by atoms with Crippen LogP contribution < -0.4 is 4.74 Å². The van der Waals surface area contributed by atoms with Gasteiger partial charge in [0.25, 0.3) is 11.8 Å². The predicted molar refractivity (Wildman–Crippen MR) is 115 cm³/mol. The third-order valence-electron chi connectivity index (χ3n) is 6.62. The molecule has 3 aromatic rings. The van der Waals surface area contributed by atoms with Gasteiger partial charge in [-0.05, 0) is 57.5 Å². The minimum absolute atomic E-state index is 0.183. The fourth-order valence-corrected chi connectivity index (χ4v) is 4.98. The van der Waals surface area contributed by atoms with Crippen molar-refractivity contribution in [1.29, 1.82) is 0 Å². The summed E-state index contributed by atoms with van der Waals surface area (Å²) in [7, 11) is 1.62. The molecule has 0 unspecified atom stereocenters. The maximum absolute atomic E-state index is 13.3. The van der Waals surface area contributed by atoms with Gasteiger partial charge in [-0.3, -0.25) is 14.5 Å². The van der Waals surface area contributed by atoms with E-state index < -0.39 is 0 Å². The first-order valence-electron chi connectivity index (χ1n) is 10.6. The fraction of sp³-hybridized carbons (Fsp3) is 0.417. The van der Waals surface area contributed by atoms with Crippen molar-refractivity contribution in [3.63, 3.8) is 0 Å². The molecule has 30 heavy (non-hydrogen) atoms. The van der Waals surface area contributed by atoms with Crippen molar-refractivity contribution >= 4 is 33.8 Å². The van der Waals surface area contributed by atoms with Crippen LogP contribution >= 0.6 is 0 Å². The van der Waals surface area contributed by atoms with Gasteiger partial charge in [0.05, 0.1) is 18.2 Å². The summed E-state index contributed by atoms with van der Waals surface area (Å²) in [5.74, 6) is 0.324. The summed E-state index contributed by atoms with van der Waals surface area (Å²) < 4.78 is 11.4. The van der Waals surface area contributed by atoms with Gasteiger partial charge in [0, 0.05) is 35.5 Å². The van der Waals surface area contributed by atoms with Crippen LogP contribution in [0.4, 0.5) is 0 Å². The van der Waals surface area contributed by atoms with Gasteiger partial charge in [-0.25, -0.2) is 0 Å². The highest BCUT2D eigenvalue weighted by Gasteiger charge is 2.40. The largest absolute Gasteiger partial charge is 0.497 e. The molecule has 0 N–H and O–H groups in total. The summed E-state index contributed by atoms with van der Waals surface area (Å²) in [6.07, 6.45) is 3.64. The molecular formula is C24H26N2O4. The van der Waals surface area contributed by atoms with Crippen LogP contribution in [-0.4, -0.2) is 54.9 Å². The molecule has 0 saturated carbocycles. The number of methoxy groups -OCH3 is 1. The van der Waals surface area contributed by atoms with E-state index in [0.717, 1.165) is 41.5 Å². The summed E-state index contributed by atoms with van der Waals surface area (Å²) >= 11 is 0. The lowest BCUT2D eigenvalue weighted by atomic mass is 9.94. The number of nitrogens with zero attached hydrogens (tertiary/aromatic N) is 2. The number of piperidine rings is 1. The van der Waals surface area contributed by atoms with Crippen molar-refractivity contribution in [2.45, 2.75) is 33.1 Å². The third kappa shape index (κ3) is 2.74. The van der Waals surface area contributed by atoms with E-state index in [0.29, 0.717) is 34.6 Å². The SMILES string of the molecule is COc1ccc2c(c1)oc1c(C)c3c(c(C)c12)C(=O)N(CCN1CCCCC1)C3=O. The number of hydrogen-bond acceptors (Lipinski definition) is 5. The lowest BCUT2D eigenvalue weighted by molar-refractivity contribution is 0.0631. The number of hydrogen-bond donors (Lipinski definition) is 0. The van der Waals surface area contributed by atoms with Crippen molar-refractivity contribution in [1.82, 2.24) is 9.80 Å². The minimum Gasteiger partial charge on any atom is -0.497 e. The molecule has 6 heteroatoms. The van der Waals surface area contributed by atoms with E-state index in [4.69, 9.17) is 9.15 Å². The van der Waals surface area contributed by atoms with E-state index in [1.54, 1.807) is 7.11 Å². The van der Waals surface area contributed by atoms with Crippen LogP contribution in [-0.2, 0) is 0 Å². The summed E-state index contributed by atoms with van der Waals surface area (Å²) in [5, 5.41) is 1.84. The molecule has 6 nitrogen and oxygen atoms in total. The Morgan fingerprint density at radius 1 is 0.967 bits per heavy atom. The summed E-state index contributed by atoms with van der Waals surface area (Å²) in [4.78, 5) is 30.3. The molecule has 2 aromatic carbocycles. The van der Waals surface area contributed by atoms with Crippen molar-refractivity contribution in [2.75, 3.05) is 33.3 Å². The zero-order valence-corrected chi connectivity index (χ0v) is 17.7. The second-order valence-electron chi connectivity index (χ2n) is 8.33. The first-order valence-corrected chi connectivity index (χ1v) is 10.6. The fourth-order valence-electron chi connectivity index (χ4n) is 4.98. The van der Waals surface area contributed by atoms with E-state index in [9.17, 15) is 9.59 Å². The topological polar surface area (TPSA) is 63.0 Å². The molecule has 2 aliphatic rings. The molecule has 0 aliphatic carbocycles. The summed E-state index contributed by atoms with van der Waals surface area (Å²) in [5.41, 5.74) is 3.94. The number of furan rings is 1. The molecule has 3 heterocycles. The van der Waals surface area contributed by atoms with Crippen molar-refractivity contribution < 1.29 is 18.7 Å². The normalized spacial score (nSPS) is 17.4. The standard InChI is InChI=1S/C24H26N2O4/c1-14-19-17-8-7-16(29-3)13-18(17)30-22(19)15(2)21-20(14)23(27)26(24(21)28)12-11-25-9-5-4-6-10-25/h7-8,13H,4-6,9-12H2,1-3H3. The molecule has 5 rings (SSSR count). The highest BCUT2D eigenvalue weighted by Crippen LogP contribution is 2.41. The Labute approximate surface area is 175 Å². The Balaban J connectivity index is 1.57. The lowest BCUT2D eigenvalue weighted by Crippen LogP contribution is -2.40. The predicted octanol–water partition coefficient (Wildman–Crippen LogP) is 4.29. The first-order chi connectivity index (χ1) is 14.5. The zero-order chi connectivity index (χ0) is 21.0. The number of carbonyl (C=O) groups excluding carboxylic acids is 2. The van der Waals surface area contributed by atoms with Gasteiger partial charge in [-0.2, -0.15) is 0 Å². The molecule has 2 amide bonds. The molecule has 156 valence electrons. The number of imide groups is 1. The molecule has 0 bridgehead atoms. The van der Waals surface area contributed by atoms with E-state index in [1.165, 1.54) is 24.2 Å². The van der Waals surface area contributed by atoms with Gasteiger partial charge in [-0.1, -0.05) is 6.42 Å². The second-order valence-corrected chi connectivity index (χ2v) is 8.33. The van der Waals surface area contributed by atoms with Crippen LogP contribution in [0, 0.1) is 13.8 Å². The Bertz CT molecular complexity index is 1190. The van der Waals surface area contributed by atoms with E-state index >= 15 is 0 Å². The maximum Gasteiger partial charge on any atom is 0.262 e. The smallest absolute Gasteiger partial charge is 0.262 e. The van der Waals surface area contributed by atoms with Gasteiger partial charge >= 0.3 is 0 Å². The lowest BCUT2D eigenvalue weighted by Gasteiger charge is -2.27. The summed E-state index contributed by atoms with van der Waals surface area (Å²) in [6, 6.07) is 5.68. The minimum atomic E-state index is -0.201. The van der Waals surface area contributed by atoms with E-state index in [2.05, 4.69) is 4.90 Å². The molecule has 0 atom stereocenters. The average Bonchev–Trinajstić information content (AvgIpc) is 3.26. The van der Waals surface area contributed by atoms with Gasteiger partial charge in [-0.15, -0.1) is 0 Å². The number of likely N-dealkylation sites (tertiary alicyclic amines) is 1. The zero-order valence-electron chi connectivity index (χ0n) is 17.7. The molecule has 2 aliphatic heterocycles. The number of aryl methyl sites for hydroxylation is 2. The first kappa shape index (κ1) is 19.1.